The number of fused-ring (bicyclic) bond motifs is 1. The zero-order chi connectivity index (χ0) is 12.2. The third-order valence-electron chi connectivity index (χ3n) is 3.34. The molecule has 1 N–H and O–H groups in total. The van der Waals surface area contributed by atoms with Crippen LogP contribution in [-0.4, -0.2) is 9.97 Å². The standard InChI is InChI=1S/C15H17N3/c1-3-7-12-11-16-15(18-14(12)10-6-1)17-13-8-4-2-5-9-13/h2,4-5,8-9,11H,1,3,6-7,10H2,(H,16,17,18). The van der Waals surface area contributed by atoms with E-state index in [1.807, 2.05) is 36.5 Å². The smallest absolute Gasteiger partial charge is 0.227 e. The maximum atomic E-state index is 4.65. The predicted octanol–water partition coefficient (Wildman–Crippen LogP) is 3.49. The van der Waals surface area contributed by atoms with Crippen LogP contribution in [0.15, 0.2) is 36.5 Å². The average molecular weight is 239 g/mol. The third kappa shape index (κ3) is 2.50. The van der Waals surface area contributed by atoms with Crippen LogP contribution in [0.25, 0.3) is 0 Å². The van der Waals surface area contributed by atoms with Crippen molar-refractivity contribution in [3.8, 4) is 0 Å². The Hall–Kier alpha value is -1.90. The van der Waals surface area contributed by atoms with Crippen molar-refractivity contribution in [2.45, 2.75) is 32.1 Å². The maximum absolute atomic E-state index is 4.65. The highest BCUT2D eigenvalue weighted by molar-refractivity contribution is 5.52. The van der Waals surface area contributed by atoms with Gasteiger partial charge in [-0.25, -0.2) is 9.97 Å². The Morgan fingerprint density at radius 3 is 2.67 bits per heavy atom. The van der Waals surface area contributed by atoms with E-state index in [9.17, 15) is 0 Å². The van der Waals surface area contributed by atoms with Crippen LogP contribution in [0.3, 0.4) is 0 Å². The molecule has 0 radical (unpaired) electrons. The van der Waals surface area contributed by atoms with E-state index in [2.05, 4.69) is 15.3 Å². The molecule has 0 saturated carbocycles. The molecule has 92 valence electrons. The van der Waals surface area contributed by atoms with Crippen LogP contribution in [0.5, 0.6) is 0 Å². The third-order valence-corrected chi connectivity index (χ3v) is 3.34. The summed E-state index contributed by atoms with van der Waals surface area (Å²) in [6, 6.07) is 10.1. The Morgan fingerprint density at radius 2 is 1.78 bits per heavy atom. The molecule has 1 aliphatic rings. The van der Waals surface area contributed by atoms with Crippen molar-refractivity contribution in [2.75, 3.05) is 5.32 Å². The molecular formula is C15H17N3. The average Bonchev–Trinajstić information content (AvgIpc) is 2.64. The molecule has 1 aliphatic carbocycles. The highest BCUT2D eigenvalue weighted by Crippen LogP contribution is 2.20. The molecular weight excluding hydrogens is 222 g/mol. The predicted molar refractivity (Wildman–Crippen MR) is 73.0 cm³/mol. The van der Waals surface area contributed by atoms with Crippen LogP contribution in [0.2, 0.25) is 0 Å². The summed E-state index contributed by atoms with van der Waals surface area (Å²) in [5.41, 5.74) is 3.58. The minimum absolute atomic E-state index is 0.710. The van der Waals surface area contributed by atoms with E-state index in [0.717, 1.165) is 18.5 Å². The van der Waals surface area contributed by atoms with E-state index in [1.165, 1.54) is 30.5 Å². The fraction of sp³-hybridized carbons (Fsp3) is 0.333. The van der Waals surface area contributed by atoms with Crippen molar-refractivity contribution in [1.82, 2.24) is 9.97 Å². The van der Waals surface area contributed by atoms with Gasteiger partial charge >= 0.3 is 0 Å². The van der Waals surface area contributed by atoms with Crippen LogP contribution in [-0.2, 0) is 12.8 Å². The fourth-order valence-electron chi connectivity index (χ4n) is 2.36. The van der Waals surface area contributed by atoms with E-state index in [4.69, 9.17) is 0 Å². The summed E-state index contributed by atoms with van der Waals surface area (Å²) >= 11 is 0. The van der Waals surface area contributed by atoms with Gasteiger partial charge in [0.15, 0.2) is 0 Å². The first-order chi connectivity index (χ1) is 8.92. The Labute approximate surface area is 107 Å². The zero-order valence-corrected chi connectivity index (χ0v) is 10.4. The van der Waals surface area contributed by atoms with Gasteiger partial charge in [0.05, 0.1) is 0 Å². The SMILES string of the molecule is c1ccc(Nc2ncc3c(n2)CCCCC3)cc1. The molecule has 0 saturated heterocycles. The van der Waals surface area contributed by atoms with Gasteiger partial charge in [0.2, 0.25) is 5.95 Å². The number of nitrogens with zero attached hydrogens (tertiary/aromatic N) is 2. The van der Waals surface area contributed by atoms with Gasteiger partial charge in [-0.3, -0.25) is 0 Å². The van der Waals surface area contributed by atoms with Gasteiger partial charge in [0.1, 0.15) is 0 Å². The quantitative estimate of drug-likeness (QED) is 0.815. The number of hydrogen-bond acceptors (Lipinski definition) is 3. The molecule has 1 heterocycles. The molecule has 2 aromatic rings. The largest absolute Gasteiger partial charge is 0.324 e. The van der Waals surface area contributed by atoms with E-state index in [-0.39, 0.29) is 0 Å². The van der Waals surface area contributed by atoms with Crippen molar-refractivity contribution in [3.05, 3.63) is 47.8 Å². The second-order valence-corrected chi connectivity index (χ2v) is 4.72. The van der Waals surface area contributed by atoms with Crippen molar-refractivity contribution >= 4 is 11.6 Å². The molecule has 1 aromatic heterocycles. The first-order valence-electron chi connectivity index (χ1n) is 6.59. The van der Waals surface area contributed by atoms with Crippen molar-refractivity contribution in [3.63, 3.8) is 0 Å². The Bertz CT molecular complexity index is 523. The molecule has 0 aliphatic heterocycles. The number of aromatic nitrogens is 2. The summed E-state index contributed by atoms with van der Waals surface area (Å²) in [6.07, 6.45) is 8.01. The van der Waals surface area contributed by atoms with Gasteiger partial charge in [0.25, 0.3) is 0 Å². The Balaban J connectivity index is 1.83. The molecule has 18 heavy (non-hydrogen) atoms. The fourth-order valence-corrected chi connectivity index (χ4v) is 2.36. The number of benzene rings is 1. The molecule has 3 nitrogen and oxygen atoms in total. The second kappa shape index (κ2) is 5.17. The Kier molecular flexibility index (Phi) is 3.22. The van der Waals surface area contributed by atoms with Crippen LogP contribution in [0, 0.1) is 0 Å². The van der Waals surface area contributed by atoms with Crippen LogP contribution in [0.4, 0.5) is 11.6 Å². The molecule has 0 atom stereocenters. The lowest BCUT2D eigenvalue weighted by Crippen LogP contribution is -2.03. The zero-order valence-electron chi connectivity index (χ0n) is 10.4. The summed E-state index contributed by atoms with van der Waals surface area (Å²) in [4.78, 5) is 9.05. The number of aryl methyl sites for hydroxylation is 2. The summed E-state index contributed by atoms with van der Waals surface area (Å²) in [5, 5.41) is 3.25. The van der Waals surface area contributed by atoms with Crippen molar-refractivity contribution < 1.29 is 0 Å². The van der Waals surface area contributed by atoms with E-state index >= 15 is 0 Å². The van der Waals surface area contributed by atoms with Gasteiger partial charge in [-0.15, -0.1) is 0 Å². The van der Waals surface area contributed by atoms with Gasteiger partial charge in [0, 0.05) is 17.6 Å². The molecule has 0 unspecified atom stereocenters. The molecule has 0 spiro atoms. The normalized spacial score (nSPS) is 14.7. The van der Waals surface area contributed by atoms with Gasteiger partial charge in [-0.2, -0.15) is 0 Å². The maximum Gasteiger partial charge on any atom is 0.227 e. The highest BCUT2D eigenvalue weighted by Gasteiger charge is 2.10. The lowest BCUT2D eigenvalue weighted by molar-refractivity contribution is 0.709. The topological polar surface area (TPSA) is 37.8 Å². The van der Waals surface area contributed by atoms with Crippen molar-refractivity contribution in [1.29, 1.82) is 0 Å². The minimum atomic E-state index is 0.710. The number of anilines is 2. The molecule has 3 rings (SSSR count). The lowest BCUT2D eigenvalue weighted by atomic mass is 10.1. The van der Waals surface area contributed by atoms with E-state index in [1.54, 1.807) is 0 Å². The second-order valence-electron chi connectivity index (χ2n) is 4.72. The molecule has 0 amide bonds. The first-order valence-corrected chi connectivity index (χ1v) is 6.59. The monoisotopic (exact) mass is 239 g/mol. The van der Waals surface area contributed by atoms with Gasteiger partial charge in [-0.1, -0.05) is 24.6 Å². The molecule has 0 bridgehead atoms. The summed E-state index contributed by atoms with van der Waals surface area (Å²) in [6.45, 7) is 0. The summed E-state index contributed by atoms with van der Waals surface area (Å²) in [5.74, 6) is 0.710. The number of hydrogen-bond donors (Lipinski definition) is 1. The van der Waals surface area contributed by atoms with Crippen LogP contribution >= 0.6 is 0 Å². The molecule has 3 heteroatoms. The van der Waals surface area contributed by atoms with Gasteiger partial charge in [-0.05, 0) is 43.4 Å². The van der Waals surface area contributed by atoms with Crippen LogP contribution in [0.1, 0.15) is 30.5 Å². The van der Waals surface area contributed by atoms with E-state index in [0.29, 0.717) is 5.95 Å². The Morgan fingerprint density at radius 1 is 0.944 bits per heavy atom. The first kappa shape index (κ1) is 11.2. The van der Waals surface area contributed by atoms with Gasteiger partial charge < -0.3 is 5.32 Å². The lowest BCUT2D eigenvalue weighted by Gasteiger charge is -2.08. The number of nitrogens with one attached hydrogen (secondary N) is 1. The van der Waals surface area contributed by atoms with E-state index < -0.39 is 0 Å². The minimum Gasteiger partial charge on any atom is -0.324 e. The summed E-state index contributed by atoms with van der Waals surface area (Å²) in [7, 11) is 0. The highest BCUT2D eigenvalue weighted by atomic mass is 15.1. The van der Waals surface area contributed by atoms with Crippen LogP contribution < -0.4 is 5.32 Å². The van der Waals surface area contributed by atoms with Crippen molar-refractivity contribution in [2.24, 2.45) is 0 Å². The number of rotatable bonds is 2. The summed E-state index contributed by atoms with van der Waals surface area (Å²) < 4.78 is 0. The molecule has 1 aromatic carbocycles. The number of para-hydroxylation sites is 1. The molecule has 0 fully saturated rings.